The van der Waals surface area contributed by atoms with E-state index in [0.29, 0.717) is 0 Å². The molecule has 168 valence electrons. The molecule has 1 unspecified atom stereocenters. The molecule has 2 saturated carbocycles. The van der Waals surface area contributed by atoms with E-state index in [9.17, 15) is 9.59 Å². The van der Waals surface area contributed by atoms with E-state index in [2.05, 4.69) is 54.1 Å². The molecule has 2 fully saturated rings. The van der Waals surface area contributed by atoms with Crippen LogP contribution in [0.2, 0.25) is 0 Å². The fourth-order valence-electron chi connectivity index (χ4n) is 5.21. The number of nitrogens with zero attached hydrogens (tertiary/aromatic N) is 3. The number of aryl methyl sites for hydroxylation is 1. The molecule has 0 bridgehead atoms. The number of aromatic nitrogens is 1. The van der Waals surface area contributed by atoms with Crippen LogP contribution in [-0.4, -0.2) is 33.9 Å². The molecule has 1 atom stereocenters. The lowest BCUT2D eigenvalue weighted by atomic mass is 9.84. The molecule has 33 heavy (non-hydrogen) atoms. The summed E-state index contributed by atoms with van der Waals surface area (Å²) in [6.45, 7) is 2.22. The highest BCUT2D eigenvalue weighted by molar-refractivity contribution is 6.00. The maximum atomic E-state index is 14.0. The van der Waals surface area contributed by atoms with Crippen LogP contribution in [0.1, 0.15) is 55.0 Å². The van der Waals surface area contributed by atoms with Crippen molar-refractivity contribution in [2.45, 2.75) is 51.1 Å². The minimum Gasteiger partial charge on any atom is -0.330 e. The van der Waals surface area contributed by atoms with Crippen molar-refractivity contribution in [1.82, 2.24) is 9.47 Å². The normalized spacial score (nSPS) is 19.4. The van der Waals surface area contributed by atoms with Gasteiger partial charge in [-0.2, -0.15) is 0 Å². The summed E-state index contributed by atoms with van der Waals surface area (Å²) in [6, 6.07) is 20.6. The molecule has 3 aliphatic rings. The van der Waals surface area contributed by atoms with E-state index in [0.717, 1.165) is 54.7 Å². The molecule has 0 N–H and O–H groups in total. The second kappa shape index (κ2) is 7.91. The Labute approximate surface area is 194 Å². The Hall–Kier alpha value is -3.34. The molecule has 2 aliphatic carbocycles. The van der Waals surface area contributed by atoms with Gasteiger partial charge in [0.05, 0.1) is 17.1 Å². The largest absolute Gasteiger partial charge is 0.330 e. The zero-order valence-electron chi connectivity index (χ0n) is 19.0. The highest BCUT2D eigenvalue weighted by atomic mass is 16.2. The lowest BCUT2D eigenvalue weighted by molar-refractivity contribution is -0.141. The molecule has 0 spiro atoms. The van der Waals surface area contributed by atoms with E-state index < -0.39 is 0 Å². The smallest absolute Gasteiger partial charge is 0.247 e. The minimum absolute atomic E-state index is 0.0138. The predicted molar refractivity (Wildman–Crippen MR) is 128 cm³/mol. The molecule has 1 aromatic heterocycles. The first-order chi connectivity index (χ1) is 16.1. The number of para-hydroxylation sites is 2. The number of carbonyl (C=O) groups excluding carboxylic acids is 2. The number of amides is 2. The molecule has 0 radical (unpaired) electrons. The third-order valence-electron chi connectivity index (χ3n) is 7.41. The zero-order chi connectivity index (χ0) is 22.5. The van der Waals surface area contributed by atoms with Crippen LogP contribution in [0.25, 0.3) is 5.69 Å². The molecule has 6 rings (SSSR count). The maximum absolute atomic E-state index is 14.0. The van der Waals surface area contributed by atoms with Crippen LogP contribution >= 0.6 is 0 Å². The highest BCUT2D eigenvalue weighted by Crippen LogP contribution is 2.43. The van der Waals surface area contributed by atoms with Crippen molar-refractivity contribution >= 4 is 17.5 Å². The molecule has 2 aromatic carbocycles. The minimum atomic E-state index is -0.233. The van der Waals surface area contributed by atoms with Crippen molar-refractivity contribution in [3.05, 3.63) is 83.7 Å². The summed E-state index contributed by atoms with van der Waals surface area (Å²) >= 11 is 0. The first-order valence-electron chi connectivity index (χ1n) is 12.1. The highest BCUT2D eigenvalue weighted by Gasteiger charge is 2.42. The summed E-state index contributed by atoms with van der Waals surface area (Å²) in [5.41, 5.74) is 5.22. The Kier molecular flexibility index (Phi) is 4.86. The van der Waals surface area contributed by atoms with Crippen LogP contribution in [0.4, 0.5) is 5.69 Å². The maximum Gasteiger partial charge on any atom is 0.247 e. The second-order valence-corrected chi connectivity index (χ2v) is 9.69. The quantitative estimate of drug-likeness (QED) is 0.561. The van der Waals surface area contributed by atoms with Gasteiger partial charge in [0.1, 0.15) is 12.6 Å². The number of hydrogen-bond acceptors (Lipinski definition) is 2. The number of carbonyl (C=O) groups is 2. The fourth-order valence-corrected chi connectivity index (χ4v) is 5.21. The van der Waals surface area contributed by atoms with Gasteiger partial charge in [-0.05, 0) is 62.4 Å². The number of rotatable bonds is 5. The topological polar surface area (TPSA) is 45.6 Å². The van der Waals surface area contributed by atoms with E-state index in [1.807, 2.05) is 34.1 Å². The average Bonchev–Trinajstić information content (AvgIpc) is 3.51. The monoisotopic (exact) mass is 439 g/mol. The molecule has 2 amide bonds. The fraction of sp³-hybridized carbons (Fsp3) is 0.357. The summed E-state index contributed by atoms with van der Waals surface area (Å²) in [7, 11) is 0. The molecule has 0 saturated heterocycles. The lowest BCUT2D eigenvalue weighted by Crippen LogP contribution is -2.49. The van der Waals surface area contributed by atoms with Gasteiger partial charge in [0.2, 0.25) is 11.8 Å². The number of fused-ring (bicyclic) bond motifs is 3. The summed E-state index contributed by atoms with van der Waals surface area (Å²) in [5.74, 6) is 0.273. The number of hydrogen-bond donors (Lipinski definition) is 0. The molecule has 5 nitrogen and oxygen atoms in total. The van der Waals surface area contributed by atoms with E-state index in [1.54, 1.807) is 0 Å². The van der Waals surface area contributed by atoms with Gasteiger partial charge in [0, 0.05) is 18.2 Å². The summed E-state index contributed by atoms with van der Waals surface area (Å²) in [4.78, 5) is 31.0. The number of benzene rings is 2. The van der Waals surface area contributed by atoms with Crippen LogP contribution in [0.3, 0.4) is 0 Å². The van der Waals surface area contributed by atoms with Gasteiger partial charge in [-0.15, -0.1) is 0 Å². The van der Waals surface area contributed by atoms with Gasteiger partial charge >= 0.3 is 0 Å². The molecule has 2 heterocycles. The summed E-state index contributed by atoms with van der Waals surface area (Å²) in [6.07, 6.45) is 7.12. The van der Waals surface area contributed by atoms with Crippen LogP contribution in [0, 0.1) is 12.8 Å². The van der Waals surface area contributed by atoms with Gasteiger partial charge in [-0.25, -0.2) is 0 Å². The SMILES string of the molecule is Cc1ccc(C2c3cccn3-c3ccccc3N2C(=O)CN(C(=O)C2CCC2)C2CC2)cc1. The lowest BCUT2D eigenvalue weighted by Gasteiger charge is -2.40. The molecule has 3 aromatic rings. The van der Waals surface area contributed by atoms with Crippen molar-refractivity contribution in [3.8, 4) is 5.69 Å². The first-order valence-corrected chi connectivity index (χ1v) is 12.1. The van der Waals surface area contributed by atoms with E-state index in [1.165, 1.54) is 5.56 Å². The predicted octanol–water partition coefficient (Wildman–Crippen LogP) is 5.01. The van der Waals surface area contributed by atoms with E-state index in [-0.39, 0.29) is 36.4 Å². The second-order valence-electron chi connectivity index (χ2n) is 9.69. The Morgan fingerprint density at radius 3 is 2.30 bits per heavy atom. The van der Waals surface area contributed by atoms with Gasteiger partial charge in [-0.3, -0.25) is 14.5 Å². The Balaban J connectivity index is 1.41. The van der Waals surface area contributed by atoms with E-state index in [4.69, 9.17) is 0 Å². The van der Waals surface area contributed by atoms with Crippen LogP contribution < -0.4 is 4.90 Å². The Bertz CT molecular complexity index is 1200. The third-order valence-corrected chi connectivity index (χ3v) is 7.41. The Morgan fingerprint density at radius 1 is 0.909 bits per heavy atom. The van der Waals surface area contributed by atoms with Crippen molar-refractivity contribution in [2.24, 2.45) is 5.92 Å². The van der Waals surface area contributed by atoms with Gasteiger partial charge in [0.25, 0.3) is 0 Å². The van der Waals surface area contributed by atoms with Crippen molar-refractivity contribution < 1.29 is 9.59 Å². The van der Waals surface area contributed by atoms with E-state index >= 15 is 0 Å². The third kappa shape index (κ3) is 3.47. The Morgan fingerprint density at radius 2 is 1.64 bits per heavy atom. The van der Waals surface area contributed by atoms with Crippen LogP contribution in [-0.2, 0) is 9.59 Å². The van der Waals surface area contributed by atoms with Gasteiger partial charge < -0.3 is 9.47 Å². The van der Waals surface area contributed by atoms with Gasteiger partial charge in [-0.1, -0.05) is 48.4 Å². The van der Waals surface area contributed by atoms with Crippen molar-refractivity contribution in [2.75, 3.05) is 11.4 Å². The van der Waals surface area contributed by atoms with Gasteiger partial charge in [0.15, 0.2) is 0 Å². The molecule has 1 aliphatic heterocycles. The number of anilines is 1. The average molecular weight is 440 g/mol. The summed E-state index contributed by atoms with van der Waals surface area (Å²) in [5, 5.41) is 0. The molecular formula is C28H29N3O2. The zero-order valence-corrected chi connectivity index (χ0v) is 19.0. The van der Waals surface area contributed by atoms with Crippen LogP contribution in [0.15, 0.2) is 66.9 Å². The molecule has 5 heteroatoms. The standard InChI is InChI=1S/C28H29N3O2/c1-19-11-13-20(14-12-19)27-25-10-5-17-29(25)23-8-2-3-9-24(23)31(27)26(32)18-30(22-15-16-22)28(33)21-6-4-7-21/h2-3,5,8-14,17,21-22,27H,4,6-7,15-16,18H2,1H3. The summed E-state index contributed by atoms with van der Waals surface area (Å²) < 4.78 is 2.18. The first kappa shape index (κ1) is 20.3. The van der Waals surface area contributed by atoms with Crippen molar-refractivity contribution in [3.63, 3.8) is 0 Å². The van der Waals surface area contributed by atoms with Crippen LogP contribution in [0.5, 0.6) is 0 Å². The van der Waals surface area contributed by atoms with Crippen molar-refractivity contribution in [1.29, 1.82) is 0 Å². The molecular weight excluding hydrogens is 410 g/mol.